The van der Waals surface area contributed by atoms with Gasteiger partial charge in [0, 0.05) is 12.6 Å². The highest BCUT2D eigenvalue weighted by Crippen LogP contribution is 2.11. The van der Waals surface area contributed by atoms with Gasteiger partial charge in [-0.05, 0) is 19.1 Å². The first kappa shape index (κ1) is 14.8. The number of nitrogens with one attached hydrogen (secondary N) is 1. The third-order valence-corrected chi connectivity index (χ3v) is 2.78. The van der Waals surface area contributed by atoms with Gasteiger partial charge >= 0.3 is 0 Å². The van der Waals surface area contributed by atoms with Gasteiger partial charge in [-0.2, -0.15) is 5.10 Å². The first-order chi connectivity index (χ1) is 10.1. The van der Waals surface area contributed by atoms with Crippen molar-refractivity contribution in [2.24, 2.45) is 7.05 Å². The van der Waals surface area contributed by atoms with Crippen LogP contribution in [0.15, 0.2) is 24.5 Å². The maximum Gasteiger partial charge on any atom is 0.252 e. The van der Waals surface area contributed by atoms with Gasteiger partial charge in [-0.15, -0.1) is 0 Å². The number of amides is 1. The molecule has 0 fully saturated rings. The van der Waals surface area contributed by atoms with Crippen LogP contribution in [0.4, 0.5) is 0 Å². The Morgan fingerprint density at radius 2 is 2.29 bits per heavy atom. The van der Waals surface area contributed by atoms with Gasteiger partial charge in [0.05, 0.1) is 12.1 Å². The van der Waals surface area contributed by atoms with Gasteiger partial charge in [0.25, 0.3) is 5.91 Å². The van der Waals surface area contributed by atoms with Crippen molar-refractivity contribution in [3.8, 4) is 11.8 Å². The van der Waals surface area contributed by atoms with E-state index in [4.69, 9.17) is 5.11 Å². The number of carbonyl (C=O) groups is 1. The molecule has 0 saturated carbocycles. The molecule has 1 aromatic carbocycles. The number of aryl methyl sites for hydroxylation is 2. The molecule has 2 N–H and O–H groups in total. The highest BCUT2D eigenvalue weighted by atomic mass is 16.2. The Hall–Kier alpha value is -2.65. The van der Waals surface area contributed by atoms with Crippen LogP contribution in [0.2, 0.25) is 0 Å². The maximum absolute atomic E-state index is 12.3. The van der Waals surface area contributed by atoms with Crippen LogP contribution in [0.1, 0.15) is 27.3 Å². The molecule has 108 valence electrons. The minimum absolute atomic E-state index is 0.242. The molecule has 21 heavy (non-hydrogen) atoms. The van der Waals surface area contributed by atoms with Crippen LogP contribution in [-0.2, 0) is 13.6 Å². The van der Waals surface area contributed by atoms with Crippen LogP contribution >= 0.6 is 0 Å². The van der Waals surface area contributed by atoms with Crippen LogP contribution in [0.5, 0.6) is 0 Å². The number of hydrogen-bond acceptors (Lipinski definition) is 4. The molecule has 0 saturated heterocycles. The zero-order chi connectivity index (χ0) is 15.2. The molecule has 0 unspecified atom stereocenters. The molecule has 1 aromatic heterocycles. The van der Waals surface area contributed by atoms with Crippen molar-refractivity contribution in [3.05, 3.63) is 47.0 Å². The van der Waals surface area contributed by atoms with Gasteiger partial charge in [0.2, 0.25) is 0 Å². The van der Waals surface area contributed by atoms with Crippen LogP contribution in [0.25, 0.3) is 0 Å². The van der Waals surface area contributed by atoms with Crippen molar-refractivity contribution in [1.29, 1.82) is 0 Å². The lowest BCUT2D eigenvalue weighted by Crippen LogP contribution is -2.24. The molecule has 6 nitrogen and oxygen atoms in total. The van der Waals surface area contributed by atoms with Crippen molar-refractivity contribution >= 4 is 5.91 Å². The van der Waals surface area contributed by atoms with E-state index < -0.39 is 0 Å². The predicted molar refractivity (Wildman–Crippen MR) is 77.3 cm³/mol. The fourth-order valence-corrected chi connectivity index (χ4v) is 1.81. The van der Waals surface area contributed by atoms with Crippen molar-refractivity contribution in [2.45, 2.75) is 13.5 Å². The normalized spacial score (nSPS) is 9.86. The molecule has 2 aromatic rings. The molecule has 0 atom stereocenters. The van der Waals surface area contributed by atoms with E-state index in [-0.39, 0.29) is 19.1 Å². The third kappa shape index (κ3) is 3.91. The SMILES string of the molecule is Cc1ccc(C#CCO)c(C(=O)NCc2ncn(C)n2)c1. The number of hydrogen-bond donors (Lipinski definition) is 2. The summed E-state index contributed by atoms with van der Waals surface area (Å²) in [5, 5.41) is 15.6. The standard InChI is InChI=1S/C15H16N4O2/c1-11-5-6-12(4-3-7-20)13(8-11)15(21)16-9-14-17-10-19(2)18-14/h5-6,8,10,20H,7,9H2,1-2H3,(H,16,21). The van der Waals surface area contributed by atoms with Gasteiger partial charge in [-0.3, -0.25) is 9.48 Å². The summed E-state index contributed by atoms with van der Waals surface area (Å²) < 4.78 is 1.58. The molecular formula is C15H16N4O2. The molecule has 1 heterocycles. The van der Waals surface area contributed by atoms with E-state index in [0.717, 1.165) is 5.56 Å². The first-order valence-corrected chi connectivity index (χ1v) is 6.43. The van der Waals surface area contributed by atoms with Crippen molar-refractivity contribution in [3.63, 3.8) is 0 Å². The summed E-state index contributed by atoms with van der Waals surface area (Å²) in [6, 6.07) is 5.41. The van der Waals surface area contributed by atoms with Gasteiger partial charge in [-0.1, -0.05) is 23.5 Å². The maximum atomic E-state index is 12.3. The van der Waals surface area contributed by atoms with E-state index in [0.29, 0.717) is 17.0 Å². The average molecular weight is 284 g/mol. The van der Waals surface area contributed by atoms with E-state index in [1.165, 1.54) is 0 Å². The molecule has 0 aliphatic rings. The highest BCUT2D eigenvalue weighted by Gasteiger charge is 2.11. The minimum atomic E-state index is -0.243. The summed E-state index contributed by atoms with van der Waals surface area (Å²) in [4.78, 5) is 16.3. The van der Waals surface area contributed by atoms with Crippen molar-refractivity contribution in [1.82, 2.24) is 20.1 Å². The lowest BCUT2D eigenvalue weighted by Gasteiger charge is -2.06. The number of nitrogens with zero attached hydrogens (tertiary/aromatic N) is 3. The molecule has 0 aliphatic heterocycles. The third-order valence-electron chi connectivity index (χ3n) is 2.78. The largest absolute Gasteiger partial charge is 0.384 e. The second kappa shape index (κ2) is 6.68. The summed E-state index contributed by atoms with van der Waals surface area (Å²) >= 11 is 0. The number of aromatic nitrogens is 3. The van der Waals surface area contributed by atoms with E-state index >= 15 is 0 Å². The Labute approximate surface area is 122 Å². The number of benzene rings is 1. The molecule has 6 heteroatoms. The molecule has 0 aliphatic carbocycles. The van der Waals surface area contributed by atoms with E-state index in [1.807, 2.05) is 13.0 Å². The van der Waals surface area contributed by atoms with E-state index in [2.05, 4.69) is 27.2 Å². The zero-order valence-electron chi connectivity index (χ0n) is 11.9. The molecule has 0 bridgehead atoms. The Balaban J connectivity index is 2.15. The molecular weight excluding hydrogens is 268 g/mol. The quantitative estimate of drug-likeness (QED) is 0.799. The van der Waals surface area contributed by atoms with Gasteiger partial charge in [-0.25, -0.2) is 4.98 Å². The average Bonchev–Trinajstić information content (AvgIpc) is 2.89. The second-order valence-electron chi connectivity index (χ2n) is 4.53. The lowest BCUT2D eigenvalue weighted by molar-refractivity contribution is 0.0949. The van der Waals surface area contributed by atoms with Gasteiger partial charge in [0.1, 0.15) is 12.9 Å². The summed E-state index contributed by atoms with van der Waals surface area (Å²) in [5.74, 6) is 5.63. The number of aliphatic hydroxyl groups is 1. The highest BCUT2D eigenvalue weighted by molar-refractivity contribution is 5.96. The van der Waals surface area contributed by atoms with Crippen LogP contribution in [0.3, 0.4) is 0 Å². The molecule has 0 radical (unpaired) electrons. The zero-order valence-corrected chi connectivity index (χ0v) is 11.9. The van der Waals surface area contributed by atoms with E-state index in [9.17, 15) is 4.79 Å². The number of carbonyl (C=O) groups excluding carboxylic acids is 1. The molecule has 1 amide bonds. The fraction of sp³-hybridized carbons (Fsp3) is 0.267. The van der Waals surface area contributed by atoms with Crippen molar-refractivity contribution in [2.75, 3.05) is 6.61 Å². The van der Waals surface area contributed by atoms with Gasteiger partial charge in [0.15, 0.2) is 5.82 Å². The summed E-state index contributed by atoms with van der Waals surface area (Å²) in [5.41, 5.74) is 2.03. The minimum Gasteiger partial charge on any atom is -0.384 e. The number of aliphatic hydroxyl groups excluding tert-OH is 1. The Kier molecular flexibility index (Phi) is 4.69. The van der Waals surface area contributed by atoms with Crippen LogP contribution in [-0.4, -0.2) is 32.4 Å². The Bertz CT molecular complexity index is 710. The molecule has 2 rings (SSSR count). The van der Waals surface area contributed by atoms with Crippen LogP contribution < -0.4 is 5.32 Å². The summed E-state index contributed by atoms with van der Waals surface area (Å²) in [6.07, 6.45) is 1.58. The van der Waals surface area contributed by atoms with Crippen molar-refractivity contribution < 1.29 is 9.90 Å². The predicted octanol–water partition coefficient (Wildman–Crippen LogP) is 0.397. The Morgan fingerprint density at radius 3 is 2.95 bits per heavy atom. The Morgan fingerprint density at radius 1 is 1.48 bits per heavy atom. The monoisotopic (exact) mass is 284 g/mol. The summed E-state index contributed by atoms with van der Waals surface area (Å²) in [6.45, 7) is 1.91. The number of rotatable bonds is 3. The van der Waals surface area contributed by atoms with Crippen LogP contribution in [0, 0.1) is 18.8 Å². The van der Waals surface area contributed by atoms with E-state index in [1.54, 1.807) is 30.2 Å². The fourth-order valence-electron chi connectivity index (χ4n) is 1.81. The second-order valence-corrected chi connectivity index (χ2v) is 4.53. The smallest absolute Gasteiger partial charge is 0.252 e. The summed E-state index contributed by atoms with van der Waals surface area (Å²) in [7, 11) is 1.77. The lowest BCUT2D eigenvalue weighted by atomic mass is 10.0. The first-order valence-electron chi connectivity index (χ1n) is 6.43. The molecule has 0 spiro atoms. The van der Waals surface area contributed by atoms with Gasteiger partial charge < -0.3 is 10.4 Å². The topological polar surface area (TPSA) is 80.0 Å².